The molecule has 2 N–H and O–H groups in total. The molecule has 1 amide bonds. The Labute approximate surface area is 164 Å². The smallest absolute Gasteiger partial charge is 0.261 e. The Hall–Kier alpha value is -2.46. The number of nitrogens with zero attached hydrogens (tertiary/aromatic N) is 1. The van der Waals surface area contributed by atoms with Gasteiger partial charge in [-0.1, -0.05) is 12.1 Å². The quantitative estimate of drug-likeness (QED) is 0.546. The van der Waals surface area contributed by atoms with E-state index in [1.165, 1.54) is 18.3 Å². The van der Waals surface area contributed by atoms with Gasteiger partial charge in [-0.15, -0.1) is 0 Å². The van der Waals surface area contributed by atoms with Crippen LogP contribution in [0.3, 0.4) is 0 Å². The zero-order chi connectivity index (χ0) is 18.6. The normalized spacial score (nSPS) is 11.0. The van der Waals surface area contributed by atoms with Crippen molar-refractivity contribution < 1.29 is 13.2 Å². The molecule has 1 heterocycles. The SMILES string of the molecule is O=C(Nc1ccc(S(=O)(=O)Nc2cccnc2)cc1)c1ccccc1I. The number of pyridine rings is 1. The van der Waals surface area contributed by atoms with Crippen LogP contribution >= 0.6 is 22.6 Å². The molecule has 0 atom stereocenters. The third-order valence-corrected chi connectivity index (χ3v) is 5.79. The molecule has 0 aliphatic carbocycles. The van der Waals surface area contributed by atoms with Crippen molar-refractivity contribution in [2.24, 2.45) is 0 Å². The van der Waals surface area contributed by atoms with Gasteiger partial charge in [0.1, 0.15) is 0 Å². The number of hydrogen-bond donors (Lipinski definition) is 2. The number of carbonyl (C=O) groups is 1. The van der Waals surface area contributed by atoms with Gasteiger partial charge in [0.25, 0.3) is 15.9 Å². The average Bonchev–Trinajstić information content (AvgIpc) is 2.63. The maximum absolute atomic E-state index is 12.4. The number of nitrogens with one attached hydrogen (secondary N) is 2. The van der Waals surface area contributed by atoms with E-state index < -0.39 is 10.0 Å². The van der Waals surface area contributed by atoms with E-state index in [0.29, 0.717) is 16.9 Å². The number of anilines is 2. The van der Waals surface area contributed by atoms with Gasteiger partial charge in [-0.05, 0) is 71.1 Å². The molecule has 0 spiro atoms. The highest BCUT2D eigenvalue weighted by atomic mass is 127. The van der Waals surface area contributed by atoms with Gasteiger partial charge < -0.3 is 5.32 Å². The summed E-state index contributed by atoms with van der Waals surface area (Å²) in [7, 11) is -3.72. The molecule has 26 heavy (non-hydrogen) atoms. The highest BCUT2D eigenvalue weighted by Crippen LogP contribution is 2.19. The summed E-state index contributed by atoms with van der Waals surface area (Å²) in [5.41, 5.74) is 1.45. The molecule has 0 saturated heterocycles. The molecule has 1 aromatic heterocycles. The lowest BCUT2D eigenvalue weighted by Gasteiger charge is -2.10. The summed E-state index contributed by atoms with van der Waals surface area (Å²) in [5, 5.41) is 2.76. The lowest BCUT2D eigenvalue weighted by molar-refractivity contribution is 0.102. The van der Waals surface area contributed by atoms with Gasteiger partial charge in [0.15, 0.2) is 0 Å². The molecule has 6 nitrogen and oxygen atoms in total. The summed E-state index contributed by atoms with van der Waals surface area (Å²) in [6.07, 6.45) is 2.98. The van der Waals surface area contributed by atoms with Crippen molar-refractivity contribution in [1.82, 2.24) is 4.98 Å². The summed E-state index contributed by atoms with van der Waals surface area (Å²) >= 11 is 2.09. The second kappa shape index (κ2) is 7.83. The van der Waals surface area contributed by atoms with Gasteiger partial charge in [0.2, 0.25) is 0 Å². The van der Waals surface area contributed by atoms with Crippen LogP contribution in [-0.2, 0) is 10.0 Å². The number of carbonyl (C=O) groups excluding carboxylic acids is 1. The molecule has 8 heteroatoms. The molecule has 0 bridgehead atoms. The monoisotopic (exact) mass is 479 g/mol. The summed E-state index contributed by atoms with van der Waals surface area (Å²) in [6, 6.07) is 16.4. The summed E-state index contributed by atoms with van der Waals surface area (Å²) in [4.78, 5) is 16.3. The Morgan fingerprint density at radius 2 is 1.65 bits per heavy atom. The predicted octanol–water partition coefficient (Wildman–Crippen LogP) is 3.74. The molecular formula is C18H14IN3O3S. The molecule has 132 valence electrons. The maximum Gasteiger partial charge on any atom is 0.261 e. The molecule has 3 aromatic rings. The van der Waals surface area contributed by atoms with Gasteiger partial charge >= 0.3 is 0 Å². The van der Waals surface area contributed by atoms with Crippen LogP contribution in [0.1, 0.15) is 10.4 Å². The molecule has 0 saturated carbocycles. The summed E-state index contributed by atoms with van der Waals surface area (Å²) in [5.74, 6) is -0.251. The van der Waals surface area contributed by atoms with Crippen molar-refractivity contribution in [2.75, 3.05) is 10.0 Å². The molecule has 2 aromatic carbocycles. The van der Waals surface area contributed by atoms with Gasteiger partial charge in [-0.25, -0.2) is 8.42 Å². The van der Waals surface area contributed by atoms with Crippen LogP contribution in [0.5, 0.6) is 0 Å². The van der Waals surface area contributed by atoms with Crippen molar-refractivity contribution in [2.45, 2.75) is 4.90 Å². The van der Waals surface area contributed by atoms with Crippen LogP contribution in [0.15, 0.2) is 78.0 Å². The van der Waals surface area contributed by atoms with Crippen molar-refractivity contribution in [3.63, 3.8) is 0 Å². The van der Waals surface area contributed by atoms with E-state index in [2.05, 4.69) is 37.6 Å². The highest BCUT2D eigenvalue weighted by molar-refractivity contribution is 14.1. The number of halogens is 1. The van der Waals surface area contributed by atoms with E-state index in [1.54, 1.807) is 42.6 Å². The van der Waals surface area contributed by atoms with Crippen LogP contribution in [0, 0.1) is 3.57 Å². The van der Waals surface area contributed by atoms with Crippen molar-refractivity contribution in [3.8, 4) is 0 Å². The number of sulfonamides is 1. The zero-order valence-corrected chi connectivity index (χ0v) is 16.4. The number of aromatic nitrogens is 1. The molecule has 0 aliphatic rings. The Balaban J connectivity index is 1.74. The van der Waals surface area contributed by atoms with Gasteiger partial charge in [0.05, 0.1) is 22.3 Å². The fourth-order valence-corrected chi connectivity index (χ4v) is 3.87. The van der Waals surface area contributed by atoms with Crippen molar-refractivity contribution in [3.05, 3.63) is 82.2 Å². The largest absolute Gasteiger partial charge is 0.322 e. The number of amides is 1. The molecular weight excluding hydrogens is 465 g/mol. The molecule has 0 unspecified atom stereocenters. The van der Waals surface area contributed by atoms with E-state index in [9.17, 15) is 13.2 Å². The number of benzene rings is 2. The first-order valence-electron chi connectivity index (χ1n) is 7.54. The van der Waals surface area contributed by atoms with Gasteiger partial charge in [-0.2, -0.15) is 0 Å². The Kier molecular flexibility index (Phi) is 5.52. The summed E-state index contributed by atoms with van der Waals surface area (Å²) < 4.78 is 28.0. The van der Waals surface area contributed by atoms with Crippen LogP contribution in [-0.4, -0.2) is 19.3 Å². The van der Waals surface area contributed by atoms with Crippen LogP contribution < -0.4 is 10.0 Å². The lowest BCUT2D eigenvalue weighted by Crippen LogP contribution is -2.15. The van der Waals surface area contributed by atoms with E-state index in [1.807, 2.05) is 12.1 Å². The lowest BCUT2D eigenvalue weighted by atomic mass is 10.2. The topological polar surface area (TPSA) is 88.2 Å². The summed E-state index contributed by atoms with van der Waals surface area (Å²) in [6.45, 7) is 0. The first-order chi connectivity index (χ1) is 12.5. The second-order valence-corrected chi connectivity index (χ2v) is 8.15. The maximum atomic E-state index is 12.4. The van der Waals surface area contributed by atoms with E-state index in [0.717, 1.165) is 3.57 Å². The fraction of sp³-hybridized carbons (Fsp3) is 0. The minimum Gasteiger partial charge on any atom is -0.322 e. The van der Waals surface area contributed by atoms with E-state index in [4.69, 9.17) is 0 Å². The van der Waals surface area contributed by atoms with Crippen LogP contribution in [0.2, 0.25) is 0 Å². The molecule has 3 rings (SSSR count). The fourth-order valence-electron chi connectivity index (χ4n) is 2.20. The Morgan fingerprint density at radius 1 is 0.923 bits per heavy atom. The first-order valence-corrected chi connectivity index (χ1v) is 10.1. The minimum absolute atomic E-state index is 0.0913. The predicted molar refractivity (Wildman–Crippen MR) is 109 cm³/mol. The molecule has 0 radical (unpaired) electrons. The third-order valence-electron chi connectivity index (χ3n) is 3.45. The standard InChI is InChI=1S/C18H14IN3O3S/c19-17-6-2-1-5-16(17)18(23)21-13-7-9-15(10-8-13)26(24,25)22-14-4-3-11-20-12-14/h1-12,22H,(H,21,23). The average molecular weight is 479 g/mol. The number of rotatable bonds is 5. The van der Waals surface area contributed by atoms with E-state index >= 15 is 0 Å². The highest BCUT2D eigenvalue weighted by Gasteiger charge is 2.15. The minimum atomic E-state index is -3.72. The zero-order valence-electron chi connectivity index (χ0n) is 13.4. The Bertz CT molecular complexity index is 1020. The van der Waals surface area contributed by atoms with Crippen LogP contribution in [0.25, 0.3) is 0 Å². The third kappa shape index (κ3) is 4.38. The Morgan fingerprint density at radius 3 is 2.31 bits per heavy atom. The van der Waals surface area contributed by atoms with Crippen molar-refractivity contribution in [1.29, 1.82) is 0 Å². The first kappa shape index (κ1) is 18.3. The van der Waals surface area contributed by atoms with Crippen LogP contribution in [0.4, 0.5) is 11.4 Å². The number of hydrogen-bond acceptors (Lipinski definition) is 4. The van der Waals surface area contributed by atoms with Gasteiger partial charge in [-0.3, -0.25) is 14.5 Å². The molecule has 0 aliphatic heterocycles. The second-order valence-electron chi connectivity index (χ2n) is 5.31. The van der Waals surface area contributed by atoms with Crippen molar-refractivity contribution >= 4 is 49.9 Å². The van der Waals surface area contributed by atoms with Gasteiger partial charge in [0, 0.05) is 15.5 Å². The molecule has 0 fully saturated rings. The van der Waals surface area contributed by atoms with E-state index in [-0.39, 0.29) is 10.8 Å².